The summed E-state index contributed by atoms with van der Waals surface area (Å²) in [4.78, 5) is 30.3. The fraction of sp³-hybridized carbons (Fsp3) is 0.440. The van der Waals surface area contributed by atoms with Crippen LogP contribution in [-0.4, -0.2) is 56.0 Å². The largest absolute Gasteiger partial charge is 0.371 e. The molecule has 0 bridgehead atoms. The van der Waals surface area contributed by atoms with Crippen LogP contribution < -0.4 is 15.5 Å². The van der Waals surface area contributed by atoms with Gasteiger partial charge in [-0.2, -0.15) is 0 Å². The second-order valence-electron chi connectivity index (χ2n) is 8.02. The van der Waals surface area contributed by atoms with Crippen LogP contribution in [0.5, 0.6) is 0 Å². The summed E-state index contributed by atoms with van der Waals surface area (Å²) in [5.74, 6) is -0.347. The van der Waals surface area contributed by atoms with Gasteiger partial charge in [-0.3, -0.25) is 9.59 Å². The van der Waals surface area contributed by atoms with Crippen molar-refractivity contribution in [3.8, 4) is 0 Å². The molecule has 2 aromatic rings. The first-order chi connectivity index (χ1) is 15.5. The summed E-state index contributed by atoms with van der Waals surface area (Å²) >= 11 is 5.92. The first-order valence-electron chi connectivity index (χ1n) is 11.5. The number of carbonyl (C=O) groups excluding carboxylic acids is 2. The minimum Gasteiger partial charge on any atom is -0.371 e. The highest BCUT2D eigenvalue weighted by atomic mass is 35.5. The van der Waals surface area contributed by atoms with Crippen molar-refractivity contribution < 1.29 is 9.59 Å². The minimum atomic E-state index is -0.236. The predicted molar refractivity (Wildman–Crippen MR) is 132 cm³/mol. The highest BCUT2D eigenvalue weighted by molar-refractivity contribution is 6.30. The standard InChI is InChI=1S/C25H33ClN4O2/c1-3-29(4-2)17-14-27-25(32)22-18-21(12-13-23(22)30-15-6-5-7-16-30)28-24(31)19-8-10-20(26)11-9-19/h8-13,18H,3-7,14-17H2,1-2H3,(H,27,32)(H,28,31). The van der Waals surface area contributed by atoms with Crippen LogP contribution in [0.25, 0.3) is 0 Å². The topological polar surface area (TPSA) is 64.7 Å². The molecule has 0 atom stereocenters. The van der Waals surface area contributed by atoms with E-state index in [4.69, 9.17) is 11.6 Å². The molecular formula is C25H33ClN4O2. The Balaban J connectivity index is 1.78. The molecule has 172 valence electrons. The number of rotatable bonds is 9. The number of amides is 2. The van der Waals surface area contributed by atoms with Crippen LogP contribution in [0, 0.1) is 0 Å². The molecule has 2 amide bonds. The lowest BCUT2D eigenvalue weighted by Crippen LogP contribution is -2.36. The average Bonchev–Trinajstić information content (AvgIpc) is 2.82. The lowest BCUT2D eigenvalue weighted by Gasteiger charge is -2.30. The molecule has 0 unspecified atom stereocenters. The third kappa shape index (κ3) is 6.47. The Labute approximate surface area is 195 Å². The maximum Gasteiger partial charge on any atom is 0.255 e. The lowest BCUT2D eigenvalue weighted by molar-refractivity contribution is 0.0948. The number of carbonyl (C=O) groups is 2. The van der Waals surface area contributed by atoms with E-state index < -0.39 is 0 Å². The first kappa shape index (κ1) is 24.1. The Morgan fingerprint density at radius 1 is 0.969 bits per heavy atom. The molecule has 2 aromatic carbocycles. The van der Waals surface area contributed by atoms with Gasteiger partial charge in [0.15, 0.2) is 0 Å². The Morgan fingerprint density at radius 3 is 2.31 bits per heavy atom. The number of hydrogen-bond donors (Lipinski definition) is 2. The maximum absolute atomic E-state index is 13.1. The van der Waals surface area contributed by atoms with E-state index in [1.54, 1.807) is 30.3 Å². The van der Waals surface area contributed by atoms with Crippen molar-refractivity contribution >= 4 is 34.8 Å². The van der Waals surface area contributed by atoms with E-state index >= 15 is 0 Å². The summed E-state index contributed by atoms with van der Waals surface area (Å²) in [6.07, 6.45) is 3.47. The van der Waals surface area contributed by atoms with Crippen molar-refractivity contribution in [2.24, 2.45) is 0 Å². The first-order valence-corrected chi connectivity index (χ1v) is 11.9. The number of hydrogen-bond acceptors (Lipinski definition) is 4. The monoisotopic (exact) mass is 456 g/mol. The SMILES string of the molecule is CCN(CC)CCNC(=O)c1cc(NC(=O)c2ccc(Cl)cc2)ccc1N1CCCCC1. The number of benzene rings is 2. The molecule has 1 saturated heterocycles. The molecule has 6 nitrogen and oxygen atoms in total. The quantitative estimate of drug-likeness (QED) is 0.576. The van der Waals surface area contributed by atoms with Gasteiger partial charge in [0.25, 0.3) is 11.8 Å². The zero-order chi connectivity index (χ0) is 22.9. The number of halogens is 1. The Morgan fingerprint density at radius 2 is 1.66 bits per heavy atom. The molecule has 2 N–H and O–H groups in total. The lowest BCUT2D eigenvalue weighted by atomic mass is 10.1. The summed E-state index contributed by atoms with van der Waals surface area (Å²) < 4.78 is 0. The third-order valence-electron chi connectivity index (χ3n) is 5.91. The highest BCUT2D eigenvalue weighted by Crippen LogP contribution is 2.27. The number of piperidine rings is 1. The predicted octanol–water partition coefficient (Wildman–Crippen LogP) is 4.65. The van der Waals surface area contributed by atoms with Crippen LogP contribution in [0.1, 0.15) is 53.8 Å². The summed E-state index contributed by atoms with van der Waals surface area (Å²) in [6, 6.07) is 12.3. The second kappa shape index (κ2) is 11.9. The van der Waals surface area contributed by atoms with Crippen molar-refractivity contribution in [2.75, 3.05) is 49.5 Å². The smallest absolute Gasteiger partial charge is 0.255 e. The van der Waals surface area contributed by atoms with E-state index in [2.05, 4.69) is 34.3 Å². The van der Waals surface area contributed by atoms with Crippen molar-refractivity contribution in [3.05, 3.63) is 58.6 Å². The van der Waals surface area contributed by atoms with E-state index in [0.29, 0.717) is 28.4 Å². The Kier molecular flexibility index (Phi) is 8.94. The highest BCUT2D eigenvalue weighted by Gasteiger charge is 2.20. The molecule has 1 heterocycles. The number of nitrogens with one attached hydrogen (secondary N) is 2. The van der Waals surface area contributed by atoms with Crippen LogP contribution in [0.4, 0.5) is 11.4 Å². The summed E-state index contributed by atoms with van der Waals surface area (Å²) in [5.41, 5.74) is 2.63. The van der Waals surface area contributed by atoms with E-state index in [9.17, 15) is 9.59 Å². The molecule has 1 aliphatic heterocycles. The van der Waals surface area contributed by atoms with Crippen LogP contribution in [0.3, 0.4) is 0 Å². The molecule has 1 fully saturated rings. The molecule has 0 radical (unpaired) electrons. The molecule has 0 spiro atoms. The van der Waals surface area contributed by atoms with Crippen LogP contribution in [0.2, 0.25) is 5.02 Å². The van der Waals surface area contributed by atoms with Gasteiger partial charge in [0, 0.05) is 48.1 Å². The number of anilines is 2. The fourth-order valence-corrected chi connectivity index (χ4v) is 4.10. The zero-order valence-electron chi connectivity index (χ0n) is 19.0. The molecule has 7 heteroatoms. The fourth-order valence-electron chi connectivity index (χ4n) is 3.97. The van der Waals surface area contributed by atoms with Crippen LogP contribution >= 0.6 is 11.6 Å². The van der Waals surface area contributed by atoms with Gasteiger partial charge in [-0.05, 0) is 74.8 Å². The molecule has 0 aliphatic carbocycles. The van der Waals surface area contributed by atoms with Gasteiger partial charge in [-0.15, -0.1) is 0 Å². The van der Waals surface area contributed by atoms with Crippen LogP contribution in [0.15, 0.2) is 42.5 Å². The van der Waals surface area contributed by atoms with Gasteiger partial charge in [0.05, 0.1) is 5.56 Å². The Bertz CT molecular complexity index is 907. The average molecular weight is 457 g/mol. The van der Waals surface area contributed by atoms with Crippen molar-refractivity contribution in [2.45, 2.75) is 33.1 Å². The van der Waals surface area contributed by atoms with Gasteiger partial charge in [0.1, 0.15) is 0 Å². The number of likely N-dealkylation sites (N-methyl/N-ethyl adjacent to an activating group) is 1. The van der Waals surface area contributed by atoms with Gasteiger partial charge < -0.3 is 20.4 Å². The Hall–Kier alpha value is -2.57. The summed E-state index contributed by atoms with van der Waals surface area (Å²) in [5, 5.41) is 6.55. The van der Waals surface area contributed by atoms with Gasteiger partial charge in [-0.1, -0.05) is 25.4 Å². The second-order valence-corrected chi connectivity index (χ2v) is 8.46. The third-order valence-corrected chi connectivity index (χ3v) is 6.16. The van der Waals surface area contributed by atoms with Gasteiger partial charge in [0.2, 0.25) is 0 Å². The maximum atomic E-state index is 13.1. The van der Waals surface area contributed by atoms with Gasteiger partial charge >= 0.3 is 0 Å². The van der Waals surface area contributed by atoms with E-state index in [0.717, 1.165) is 51.3 Å². The normalized spacial score (nSPS) is 13.8. The molecule has 1 aliphatic rings. The summed E-state index contributed by atoms with van der Waals surface area (Å²) in [6.45, 7) is 9.42. The number of nitrogens with zero attached hydrogens (tertiary/aromatic N) is 2. The van der Waals surface area contributed by atoms with E-state index in [1.807, 2.05) is 12.1 Å². The minimum absolute atomic E-state index is 0.111. The van der Waals surface area contributed by atoms with Gasteiger partial charge in [-0.25, -0.2) is 0 Å². The van der Waals surface area contributed by atoms with E-state index in [1.165, 1.54) is 6.42 Å². The molecule has 32 heavy (non-hydrogen) atoms. The summed E-state index contributed by atoms with van der Waals surface area (Å²) in [7, 11) is 0. The molecule has 3 rings (SSSR count). The zero-order valence-corrected chi connectivity index (χ0v) is 19.8. The van der Waals surface area contributed by atoms with Crippen LogP contribution in [-0.2, 0) is 0 Å². The molecular weight excluding hydrogens is 424 g/mol. The van der Waals surface area contributed by atoms with Crippen molar-refractivity contribution in [1.82, 2.24) is 10.2 Å². The van der Waals surface area contributed by atoms with E-state index in [-0.39, 0.29) is 11.8 Å². The van der Waals surface area contributed by atoms with Crippen molar-refractivity contribution in [1.29, 1.82) is 0 Å². The molecule has 0 aromatic heterocycles. The van der Waals surface area contributed by atoms with Crippen molar-refractivity contribution in [3.63, 3.8) is 0 Å². The molecule has 0 saturated carbocycles.